The number of rotatable bonds is 1. The van der Waals surface area contributed by atoms with Crippen LogP contribution in [0, 0.1) is 0 Å². The monoisotopic (exact) mass is 405 g/mol. The van der Waals surface area contributed by atoms with Crippen molar-refractivity contribution in [3.8, 4) is 5.69 Å². The van der Waals surface area contributed by atoms with E-state index in [9.17, 15) is 0 Å². The Morgan fingerprint density at radius 3 is 2.17 bits per heavy atom. The van der Waals surface area contributed by atoms with Crippen LogP contribution in [0.3, 0.4) is 0 Å². The van der Waals surface area contributed by atoms with Crippen molar-refractivity contribution >= 4 is 53.3 Å². The fourth-order valence-electron chi connectivity index (χ4n) is 4.65. The molecule has 0 unspecified atom stereocenters. The molecule has 0 fully saturated rings. The number of nitrogens with zero attached hydrogens (tertiary/aromatic N) is 1. The summed E-state index contributed by atoms with van der Waals surface area (Å²) in [4.78, 5) is 0. The zero-order valence-corrected chi connectivity index (χ0v) is 18.3. The first-order valence-electron chi connectivity index (χ1n) is 10.5. The van der Waals surface area contributed by atoms with Gasteiger partial charge < -0.3 is 4.57 Å². The minimum atomic E-state index is 0.111. The second kappa shape index (κ2) is 6.20. The first kappa shape index (κ1) is 17.7. The Kier molecular flexibility index (Phi) is 3.66. The van der Waals surface area contributed by atoms with Gasteiger partial charge in [-0.2, -0.15) is 0 Å². The Bertz CT molecular complexity index is 1560. The number of para-hydroxylation sites is 1. The summed E-state index contributed by atoms with van der Waals surface area (Å²) in [5.74, 6) is 0. The lowest BCUT2D eigenvalue weighted by Gasteiger charge is -2.19. The van der Waals surface area contributed by atoms with Crippen LogP contribution in [-0.4, -0.2) is 4.57 Å². The molecule has 0 spiro atoms. The quantitative estimate of drug-likeness (QED) is 0.258. The summed E-state index contributed by atoms with van der Waals surface area (Å²) in [5, 5.41) is 5.46. The average Bonchev–Trinajstić information content (AvgIpc) is 3.28. The van der Waals surface area contributed by atoms with Crippen molar-refractivity contribution in [1.29, 1.82) is 0 Å². The third-order valence-corrected chi connectivity index (χ3v) is 7.29. The van der Waals surface area contributed by atoms with Crippen LogP contribution in [-0.2, 0) is 5.41 Å². The first-order valence-corrected chi connectivity index (χ1v) is 11.3. The second-order valence-electron chi connectivity index (χ2n) is 9.08. The summed E-state index contributed by atoms with van der Waals surface area (Å²) in [6.07, 6.45) is 0. The number of benzene rings is 4. The van der Waals surface area contributed by atoms with Crippen molar-refractivity contribution < 1.29 is 0 Å². The fraction of sp³-hybridized carbons (Fsp3) is 0.143. The smallest absolute Gasteiger partial charge is 0.0548 e. The molecule has 2 aromatic heterocycles. The Morgan fingerprint density at radius 1 is 0.633 bits per heavy atom. The van der Waals surface area contributed by atoms with Gasteiger partial charge in [-0.1, -0.05) is 63.2 Å². The number of hydrogen-bond acceptors (Lipinski definition) is 1. The summed E-state index contributed by atoms with van der Waals surface area (Å²) >= 11 is 1.89. The summed E-state index contributed by atoms with van der Waals surface area (Å²) in [6, 6.07) is 31.2. The molecule has 6 rings (SSSR count). The second-order valence-corrected chi connectivity index (χ2v) is 10.2. The van der Waals surface area contributed by atoms with Gasteiger partial charge >= 0.3 is 0 Å². The molecular weight excluding hydrogens is 382 g/mol. The van der Waals surface area contributed by atoms with Gasteiger partial charge in [0.05, 0.1) is 11.0 Å². The van der Waals surface area contributed by atoms with Gasteiger partial charge in [-0.25, -0.2) is 0 Å². The fourth-order valence-corrected chi connectivity index (χ4v) is 5.76. The van der Waals surface area contributed by atoms with E-state index in [1.807, 2.05) is 11.3 Å². The number of hydrogen-bond donors (Lipinski definition) is 0. The third kappa shape index (κ3) is 2.47. The van der Waals surface area contributed by atoms with Gasteiger partial charge in [-0.05, 0) is 53.4 Å². The van der Waals surface area contributed by atoms with Crippen molar-refractivity contribution in [3.05, 3.63) is 90.5 Å². The zero-order valence-electron chi connectivity index (χ0n) is 17.4. The van der Waals surface area contributed by atoms with Crippen molar-refractivity contribution in [1.82, 2.24) is 4.57 Å². The molecule has 0 saturated carbocycles. The van der Waals surface area contributed by atoms with Gasteiger partial charge in [-0.3, -0.25) is 0 Å². The van der Waals surface area contributed by atoms with Crippen LogP contribution in [0.15, 0.2) is 84.9 Å². The predicted molar refractivity (Wildman–Crippen MR) is 132 cm³/mol. The molecule has 1 nitrogen and oxygen atoms in total. The number of fused-ring (bicyclic) bond motifs is 7. The van der Waals surface area contributed by atoms with E-state index in [-0.39, 0.29) is 5.41 Å². The molecule has 0 aliphatic carbocycles. The first-order chi connectivity index (χ1) is 14.5. The van der Waals surface area contributed by atoms with Crippen molar-refractivity contribution in [2.75, 3.05) is 0 Å². The highest BCUT2D eigenvalue weighted by Crippen LogP contribution is 2.44. The standard InChI is InChI=1S/C28H23NS/c1-28(2,3)18-13-14-22-21(17-18)26-23(29(22)19-9-5-4-6-10-19)15-16-25-27(26)20-11-7-8-12-24(20)30-25/h4-17H,1-3H3. The van der Waals surface area contributed by atoms with Gasteiger partial charge in [0.15, 0.2) is 0 Å². The summed E-state index contributed by atoms with van der Waals surface area (Å²) in [5.41, 5.74) is 5.24. The molecule has 0 bridgehead atoms. The van der Waals surface area contributed by atoms with Crippen LogP contribution in [0.5, 0.6) is 0 Å². The predicted octanol–water partition coefficient (Wildman–Crippen LogP) is 8.45. The molecule has 30 heavy (non-hydrogen) atoms. The summed E-state index contributed by atoms with van der Waals surface area (Å²) in [7, 11) is 0. The molecule has 4 aromatic carbocycles. The largest absolute Gasteiger partial charge is 0.309 e. The van der Waals surface area contributed by atoms with E-state index in [0.717, 1.165) is 0 Å². The maximum Gasteiger partial charge on any atom is 0.0548 e. The molecule has 146 valence electrons. The molecular formula is C28H23NS. The van der Waals surface area contributed by atoms with Crippen LogP contribution in [0.4, 0.5) is 0 Å². The highest BCUT2D eigenvalue weighted by molar-refractivity contribution is 7.26. The molecule has 0 radical (unpaired) electrons. The Hall–Kier alpha value is -3.10. The Labute approximate surface area is 180 Å². The van der Waals surface area contributed by atoms with Crippen LogP contribution < -0.4 is 0 Å². The minimum absolute atomic E-state index is 0.111. The molecule has 0 N–H and O–H groups in total. The van der Waals surface area contributed by atoms with Gasteiger partial charge in [0, 0.05) is 36.6 Å². The van der Waals surface area contributed by atoms with Gasteiger partial charge in [-0.15, -0.1) is 11.3 Å². The lowest BCUT2D eigenvalue weighted by atomic mass is 9.86. The van der Waals surface area contributed by atoms with E-state index >= 15 is 0 Å². The molecule has 2 heteroatoms. The summed E-state index contributed by atoms with van der Waals surface area (Å²) < 4.78 is 5.13. The molecule has 0 atom stereocenters. The zero-order chi connectivity index (χ0) is 20.5. The van der Waals surface area contributed by atoms with E-state index in [0.29, 0.717) is 0 Å². The van der Waals surface area contributed by atoms with Gasteiger partial charge in [0.1, 0.15) is 0 Å². The maximum absolute atomic E-state index is 2.42. The molecule has 6 aromatic rings. The van der Waals surface area contributed by atoms with Crippen LogP contribution >= 0.6 is 11.3 Å². The van der Waals surface area contributed by atoms with E-state index in [2.05, 4.69) is 110 Å². The molecule has 0 saturated heterocycles. The van der Waals surface area contributed by atoms with E-state index in [4.69, 9.17) is 0 Å². The number of aromatic nitrogens is 1. The van der Waals surface area contributed by atoms with E-state index < -0.39 is 0 Å². The van der Waals surface area contributed by atoms with Gasteiger partial charge in [0.25, 0.3) is 0 Å². The third-order valence-electron chi connectivity index (χ3n) is 6.15. The van der Waals surface area contributed by atoms with Crippen molar-refractivity contribution in [2.45, 2.75) is 26.2 Å². The van der Waals surface area contributed by atoms with Crippen LogP contribution in [0.1, 0.15) is 26.3 Å². The highest BCUT2D eigenvalue weighted by atomic mass is 32.1. The Balaban J connectivity index is 1.88. The Morgan fingerprint density at radius 2 is 1.37 bits per heavy atom. The van der Waals surface area contributed by atoms with E-state index in [1.54, 1.807) is 0 Å². The van der Waals surface area contributed by atoms with Crippen molar-refractivity contribution in [2.24, 2.45) is 0 Å². The molecule has 2 heterocycles. The molecule has 0 aliphatic heterocycles. The highest BCUT2D eigenvalue weighted by Gasteiger charge is 2.20. The SMILES string of the molecule is CC(C)(C)c1ccc2c(c1)c1c3c(ccc1n2-c1ccccc1)sc1ccccc13. The maximum atomic E-state index is 2.42. The average molecular weight is 406 g/mol. The normalized spacial score (nSPS) is 12.5. The molecule has 0 amide bonds. The lowest BCUT2D eigenvalue weighted by molar-refractivity contribution is 0.591. The molecule has 0 aliphatic rings. The van der Waals surface area contributed by atoms with Crippen LogP contribution in [0.25, 0.3) is 47.7 Å². The lowest BCUT2D eigenvalue weighted by Crippen LogP contribution is -2.10. The van der Waals surface area contributed by atoms with Crippen molar-refractivity contribution in [3.63, 3.8) is 0 Å². The van der Waals surface area contributed by atoms with E-state index in [1.165, 1.54) is 53.2 Å². The summed E-state index contributed by atoms with van der Waals surface area (Å²) in [6.45, 7) is 6.88. The van der Waals surface area contributed by atoms with Crippen LogP contribution in [0.2, 0.25) is 0 Å². The van der Waals surface area contributed by atoms with Gasteiger partial charge in [0.2, 0.25) is 0 Å². The number of thiophene rings is 1. The topological polar surface area (TPSA) is 4.93 Å². The minimum Gasteiger partial charge on any atom is -0.309 e.